The molecule has 2 unspecified atom stereocenters. The summed E-state index contributed by atoms with van der Waals surface area (Å²) in [7, 11) is -3.27. The van der Waals surface area contributed by atoms with Gasteiger partial charge in [-0.2, -0.15) is 0 Å². The third kappa shape index (κ3) is 4.09. The van der Waals surface area contributed by atoms with Crippen LogP contribution in [0, 0.1) is 10.1 Å². The minimum Gasteiger partial charge on any atom is -0.465 e. The molecular formula is C14H19N2O6P. The molecule has 23 heavy (non-hydrogen) atoms. The number of hydrogen-bond donors (Lipinski definition) is 0. The van der Waals surface area contributed by atoms with Crippen molar-refractivity contribution in [3.05, 3.63) is 34.4 Å². The van der Waals surface area contributed by atoms with E-state index in [0.29, 0.717) is 13.0 Å². The Morgan fingerprint density at radius 3 is 2.65 bits per heavy atom. The number of carbonyl (C=O) groups excluding carboxylic acids is 1. The third-order valence-corrected chi connectivity index (χ3v) is 5.53. The molecule has 0 aliphatic carbocycles. The van der Waals surface area contributed by atoms with Crippen LogP contribution in [0.15, 0.2) is 24.3 Å². The Kier molecular flexibility index (Phi) is 5.38. The average Bonchev–Trinajstić information content (AvgIpc) is 2.98. The summed E-state index contributed by atoms with van der Waals surface area (Å²) in [6, 6.07) is 4.77. The van der Waals surface area contributed by atoms with Crippen LogP contribution in [0.3, 0.4) is 0 Å². The maximum Gasteiger partial charge on any atom is 0.323 e. The van der Waals surface area contributed by atoms with Gasteiger partial charge in [0.25, 0.3) is 5.69 Å². The number of hydrogen-bond acceptors (Lipinski definition) is 6. The molecule has 0 amide bonds. The maximum absolute atomic E-state index is 12.9. The second kappa shape index (κ2) is 7.10. The second-order valence-electron chi connectivity index (χ2n) is 5.22. The fraction of sp³-hybridized carbons (Fsp3) is 0.500. The molecule has 126 valence electrons. The lowest BCUT2D eigenvalue weighted by molar-refractivity contribution is -0.384. The van der Waals surface area contributed by atoms with E-state index in [9.17, 15) is 19.5 Å². The predicted molar refractivity (Wildman–Crippen MR) is 83.6 cm³/mol. The van der Waals surface area contributed by atoms with Gasteiger partial charge < -0.3 is 9.26 Å². The van der Waals surface area contributed by atoms with Crippen molar-refractivity contribution in [2.24, 2.45) is 0 Å². The zero-order valence-corrected chi connectivity index (χ0v) is 13.9. The third-order valence-electron chi connectivity index (χ3n) is 3.57. The first kappa shape index (κ1) is 17.4. The molecule has 0 spiro atoms. The van der Waals surface area contributed by atoms with E-state index < -0.39 is 24.5 Å². The smallest absolute Gasteiger partial charge is 0.323 e. The molecule has 1 aromatic rings. The molecule has 8 nitrogen and oxygen atoms in total. The van der Waals surface area contributed by atoms with Gasteiger partial charge in [-0.1, -0.05) is 0 Å². The van der Waals surface area contributed by atoms with Crippen molar-refractivity contribution in [1.29, 1.82) is 0 Å². The second-order valence-corrected chi connectivity index (χ2v) is 7.52. The standard InChI is InChI=1S/C14H19N2O6P/c1-3-21-14(17)13-5-4-10-15(13)23(2,20)22-12-8-6-11(7-9-12)16(18)19/h6-9,13H,3-5,10H2,1-2H3. The van der Waals surface area contributed by atoms with E-state index in [1.54, 1.807) is 6.92 Å². The van der Waals surface area contributed by atoms with E-state index in [0.717, 1.165) is 6.42 Å². The van der Waals surface area contributed by atoms with Crippen LogP contribution in [0.1, 0.15) is 19.8 Å². The monoisotopic (exact) mass is 342 g/mol. The summed E-state index contributed by atoms with van der Waals surface area (Å²) in [6.07, 6.45) is 1.30. The van der Waals surface area contributed by atoms with E-state index in [2.05, 4.69) is 0 Å². The topological polar surface area (TPSA) is 99.0 Å². The number of rotatable bonds is 6. The minimum atomic E-state index is -3.27. The molecule has 0 bridgehead atoms. The lowest BCUT2D eigenvalue weighted by Gasteiger charge is -2.28. The quantitative estimate of drug-likeness (QED) is 0.339. The van der Waals surface area contributed by atoms with Gasteiger partial charge in [0.05, 0.1) is 11.5 Å². The SMILES string of the molecule is CCOC(=O)C1CCCN1P(C)(=O)Oc1ccc([N+](=O)[O-])cc1. The van der Waals surface area contributed by atoms with Crippen molar-refractivity contribution < 1.29 is 23.5 Å². The molecule has 9 heteroatoms. The number of carbonyl (C=O) groups is 1. The van der Waals surface area contributed by atoms with Crippen LogP contribution in [0.2, 0.25) is 0 Å². The highest BCUT2D eigenvalue weighted by molar-refractivity contribution is 7.56. The number of benzene rings is 1. The normalized spacial score (nSPS) is 20.7. The molecule has 2 atom stereocenters. The Labute approximate surface area is 134 Å². The first-order valence-electron chi connectivity index (χ1n) is 7.30. The highest BCUT2D eigenvalue weighted by atomic mass is 31.2. The first-order valence-corrected chi connectivity index (χ1v) is 9.33. The lowest BCUT2D eigenvalue weighted by Crippen LogP contribution is -2.36. The molecule has 2 rings (SSSR count). The number of non-ortho nitro benzene ring substituents is 1. The Balaban J connectivity index is 2.12. The van der Waals surface area contributed by atoms with Crippen LogP contribution in [-0.2, 0) is 14.1 Å². The summed E-state index contributed by atoms with van der Waals surface area (Å²) in [4.78, 5) is 22.1. The molecule has 1 fully saturated rings. The molecule has 0 N–H and O–H groups in total. The van der Waals surface area contributed by atoms with Crippen molar-refractivity contribution >= 4 is 19.2 Å². The molecule has 0 radical (unpaired) electrons. The number of nitro groups is 1. The van der Waals surface area contributed by atoms with Crippen molar-refractivity contribution in [1.82, 2.24) is 4.67 Å². The van der Waals surface area contributed by atoms with Crippen molar-refractivity contribution in [2.45, 2.75) is 25.8 Å². The Morgan fingerprint density at radius 2 is 2.09 bits per heavy atom. The van der Waals surface area contributed by atoms with E-state index in [1.807, 2.05) is 0 Å². The van der Waals surface area contributed by atoms with Crippen molar-refractivity contribution in [3.8, 4) is 5.75 Å². The van der Waals surface area contributed by atoms with Crippen LogP contribution >= 0.6 is 7.52 Å². The zero-order chi connectivity index (χ0) is 17.0. The van der Waals surface area contributed by atoms with E-state index in [1.165, 1.54) is 35.6 Å². The molecule has 0 saturated carbocycles. The molecule has 0 aromatic heterocycles. The zero-order valence-electron chi connectivity index (χ0n) is 13.0. The highest BCUT2D eigenvalue weighted by Gasteiger charge is 2.42. The Bertz CT molecular complexity index is 633. The Morgan fingerprint density at radius 1 is 1.43 bits per heavy atom. The number of nitro benzene ring substituents is 1. The fourth-order valence-corrected chi connectivity index (χ4v) is 4.38. The van der Waals surface area contributed by atoms with E-state index in [-0.39, 0.29) is 18.0 Å². The largest absolute Gasteiger partial charge is 0.465 e. The average molecular weight is 342 g/mol. The van der Waals surface area contributed by atoms with Gasteiger partial charge in [-0.05, 0) is 31.9 Å². The highest BCUT2D eigenvalue weighted by Crippen LogP contribution is 2.51. The maximum atomic E-state index is 12.9. The van der Waals surface area contributed by atoms with Crippen molar-refractivity contribution in [2.75, 3.05) is 19.8 Å². The number of nitrogens with zero attached hydrogens (tertiary/aromatic N) is 2. The number of esters is 1. The molecule has 1 heterocycles. The van der Waals surface area contributed by atoms with Crippen LogP contribution in [0.4, 0.5) is 5.69 Å². The van der Waals surface area contributed by atoms with Gasteiger partial charge in [0, 0.05) is 25.3 Å². The minimum absolute atomic E-state index is 0.0751. The van der Waals surface area contributed by atoms with Gasteiger partial charge >= 0.3 is 13.5 Å². The molecule has 1 aliphatic heterocycles. The molecule has 1 saturated heterocycles. The first-order chi connectivity index (χ1) is 10.8. The van der Waals surface area contributed by atoms with Crippen molar-refractivity contribution in [3.63, 3.8) is 0 Å². The lowest BCUT2D eigenvalue weighted by atomic mass is 10.2. The molecule has 1 aromatic carbocycles. The fourth-order valence-electron chi connectivity index (χ4n) is 2.54. The van der Waals surface area contributed by atoms with Crippen LogP contribution in [0.5, 0.6) is 5.75 Å². The summed E-state index contributed by atoms with van der Waals surface area (Å²) < 4.78 is 25.0. The van der Waals surface area contributed by atoms with Gasteiger partial charge in [0.15, 0.2) is 0 Å². The summed E-state index contributed by atoms with van der Waals surface area (Å²) in [5, 5.41) is 10.6. The van der Waals surface area contributed by atoms with Gasteiger partial charge in [-0.15, -0.1) is 0 Å². The van der Waals surface area contributed by atoms with Gasteiger partial charge in [-0.3, -0.25) is 19.5 Å². The summed E-state index contributed by atoms with van der Waals surface area (Å²) in [5.41, 5.74) is -0.0751. The van der Waals surface area contributed by atoms with Crippen LogP contribution < -0.4 is 4.52 Å². The molecule has 1 aliphatic rings. The predicted octanol–water partition coefficient (Wildman–Crippen LogP) is 2.82. The Hall–Kier alpha value is -1.92. The van der Waals surface area contributed by atoms with Gasteiger partial charge in [0.2, 0.25) is 0 Å². The summed E-state index contributed by atoms with van der Waals surface area (Å²) in [5.74, 6) is -0.143. The summed E-state index contributed by atoms with van der Waals surface area (Å²) in [6.45, 7) is 3.90. The van der Waals surface area contributed by atoms with Crippen LogP contribution in [-0.4, -0.2) is 41.4 Å². The van der Waals surface area contributed by atoms with Gasteiger partial charge in [-0.25, -0.2) is 4.67 Å². The van der Waals surface area contributed by atoms with E-state index in [4.69, 9.17) is 9.26 Å². The molecular weight excluding hydrogens is 323 g/mol. The summed E-state index contributed by atoms with van der Waals surface area (Å²) >= 11 is 0. The van der Waals surface area contributed by atoms with Gasteiger partial charge in [0.1, 0.15) is 11.8 Å². The number of ether oxygens (including phenoxy) is 1. The van der Waals surface area contributed by atoms with Crippen LogP contribution in [0.25, 0.3) is 0 Å². The van der Waals surface area contributed by atoms with E-state index >= 15 is 0 Å².